The number of carbonyl (C=O) groups excluding carboxylic acids is 2. The maximum Gasteiger partial charge on any atom is 0.328 e. The Balaban J connectivity index is 2.24. The Bertz CT molecular complexity index is 1010. The van der Waals surface area contributed by atoms with Gasteiger partial charge in [-0.3, -0.25) is 20.0 Å². The minimum absolute atomic E-state index is 0.0648. The quantitative estimate of drug-likeness (QED) is 0.0665. The molecular weight excluding hydrogens is 454 g/mol. The number of hydrazine groups is 1. The molecule has 0 unspecified atom stereocenters. The molecule has 11 heteroatoms. The number of hydrogen-bond donors (Lipinski definition) is 5. The van der Waals surface area contributed by atoms with E-state index in [0.29, 0.717) is 29.0 Å². The van der Waals surface area contributed by atoms with Crippen LogP contribution in [0.3, 0.4) is 0 Å². The highest BCUT2D eigenvalue weighted by Gasteiger charge is 2.30. The van der Waals surface area contributed by atoms with Gasteiger partial charge in [0.05, 0.1) is 20.6 Å². The van der Waals surface area contributed by atoms with Gasteiger partial charge in [0, 0.05) is 24.7 Å². The van der Waals surface area contributed by atoms with Gasteiger partial charge < -0.3 is 25.6 Å². The van der Waals surface area contributed by atoms with Crippen LogP contribution in [0, 0.1) is 5.41 Å². The van der Waals surface area contributed by atoms with Crippen molar-refractivity contribution >= 4 is 23.6 Å². The summed E-state index contributed by atoms with van der Waals surface area (Å²) in [5.74, 6) is -1.51. The molecule has 0 fully saturated rings. The molecule has 188 valence electrons. The molecule has 1 atom stereocenters. The number of nitrogens with one attached hydrogen (secondary N) is 3. The summed E-state index contributed by atoms with van der Waals surface area (Å²) in [6.45, 7) is 0.339. The standard InChI is InChI=1S/C24H31N5O6/c1-34-18-11-16(12-19(13-18)35-2)15-28-29(20(23(32)33)9-6-10-27-24(25)26)22(31)14-21(30)17-7-4-3-5-8-17/h3-5,7-8,11-13,20,28H,6,9-10,14-15H2,1-2H3,(H,32,33)(H4,25,26,27)/t20-/m0/s1. The molecule has 2 aromatic rings. The second-order valence-corrected chi connectivity index (χ2v) is 7.62. The van der Waals surface area contributed by atoms with Crippen LogP contribution in [0.1, 0.15) is 35.2 Å². The number of rotatable bonds is 14. The molecule has 0 aliphatic carbocycles. The third-order valence-electron chi connectivity index (χ3n) is 5.11. The minimum Gasteiger partial charge on any atom is -0.497 e. The van der Waals surface area contributed by atoms with Gasteiger partial charge in [0.2, 0.25) is 5.91 Å². The number of guanidine groups is 1. The van der Waals surface area contributed by atoms with Crippen molar-refractivity contribution in [2.45, 2.75) is 31.8 Å². The van der Waals surface area contributed by atoms with Gasteiger partial charge in [-0.25, -0.2) is 10.2 Å². The lowest BCUT2D eigenvalue weighted by Crippen LogP contribution is -2.53. The van der Waals surface area contributed by atoms with E-state index < -0.39 is 30.1 Å². The van der Waals surface area contributed by atoms with Crippen molar-refractivity contribution in [1.29, 1.82) is 5.41 Å². The third kappa shape index (κ3) is 8.63. The molecule has 0 aliphatic heterocycles. The molecule has 0 aromatic heterocycles. The van der Waals surface area contributed by atoms with Crippen molar-refractivity contribution in [2.24, 2.45) is 5.73 Å². The number of amides is 1. The monoisotopic (exact) mass is 485 g/mol. The third-order valence-corrected chi connectivity index (χ3v) is 5.11. The highest BCUT2D eigenvalue weighted by atomic mass is 16.5. The molecule has 1 amide bonds. The fourth-order valence-electron chi connectivity index (χ4n) is 3.35. The maximum absolute atomic E-state index is 13.1. The van der Waals surface area contributed by atoms with E-state index in [-0.39, 0.29) is 25.5 Å². The van der Waals surface area contributed by atoms with Crippen LogP contribution in [0.4, 0.5) is 0 Å². The summed E-state index contributed by atoms with van der Waals surface area (Å²) in [6.07, 6.45) is -0.120. The number of methoxy groups -OCH3 is 2. The first-order chi connectivity index (χ1) is 16.7. The molecule has 6 N–H and O–H groups in total. The Morgan fingerprint density at radius 3 is 2.26 bits per heavy atom. The number of ether oxygens (including phenoxy) is 2. The highest BCUT2D eigenvalue weighted by molar-refractivity contribution is 6.07. The molecule has 0 saturated heterocycles. The molecule has 0 heterocycles. The Hall–Kier alpha value is -4.12. The first kappa shape index (κ1) is 27.1. The molecule has 0 aliphatic rings. The predicted octanol–water partition coefficient (Wildman–Crippen LogP) is 1.53. The largest absolute Gasteiger partial charge is 0.497 e. The van der Waals surface area contributed by atoms with Crippen molar-refractivity contribution in [1.82, 2.24) is 15.8 Å². The number of hydrogen-bond acceptors (Lipinski definition) is 7. The number of benzene rings is 2. The van der Waals surface area contributed by atoms with Crippen molar-refractivity contribution in [3.8, 4) is 11.5 Å². The Morgan fingerprint density at radius 2 is 1.71 bits per heavy atom. The first-order valence-electron chi connectivity index (χ1n) is 10.9. The maximum atomic E-state index is 13.1. The molecular formula is C24H31N5O6. The lowest BCUT2D eigenvalue weighted by Gasteiger charge is -2.30. The van der Waals surface area contributed by atoms with E-state index in [4.69, 9.17) is 20.6 Å². The number of carboxylic acids is 1. The Kier molecular flexibility index (Phi) is 10.5. The molecule has 2 rings (SSSR count). The Morgan fingerprint density at radius 1 is 1.09 bits per heavy atom. The van der Waals surface area contributed by atoms with Gasteiger partial charge in [0.15, 0.2) is 11.7 Å². The molecule has 0 spiro atoms. The van der Waals surface area contributed by atoms with Crippen LogP contribution in [-0.2, 0) is 16.1 Å². The van der Waals surface area contributed by atoms with E-state index in [1.54, 1.807) is 48.5 Å². The lowest BCUT2D eigenvalue weighted by atomic mass is 10.1. The number of nitrogens with zero attached hydrogens (tertiary/aromatic N) is 1. The van der Waals surface area contributed by atoms with Crippen LogP contribution >= 0.6 is 0 Å². The van der Waals surface area contributed by atoms with E-state index in [9.17, 15) is 19.5 Å². The minimum atomic E-state index is -1.26. The first-order valence-corrected chi connectivity index (χ1v) is 10.9. The zero-order chi connectivity index (χ0) is 25.8. The van der Waals surface area contributed by atoms with Crippen molar-refractivity contribution in [3.05, 3.63) is 59.7 Å². The molecule has 35 heavy (non-hydrogen) atoms. The summed E-state index contributed by atoms with van der Waals surface area (Å²) in [4.78, 5) is 37.9. The normalized spacial score (nSPS) is 11.3. The zero-order valence-corrected chi connectivity index (χ0v) is 19.7. The van der Waals surface area contributed by atoms with Gasteiger partial charge in [-0.1, -0.05) is 30.3 Å². The van der Waals surface area contributed by atoms with E-state index in [1.165, 1.54) is 14.2 Å². The number of aliphatic carboxylic acids is 1. The molecule has 11 nitrogen and oxygen atoms in total. The van der Waals surface area contributed by atoms with Gasteiger partial charge >= 0.3 is 5.97 Å². The molecule has 2 aromatic carbocycles. The number of Topliss-reactive ketones (excluding diaryl/α,β-unsaturated/α-hetero) is 1. The Labute approximate surface area is 203 Å². The number of nitrogens with two attached hydrogens (primary N) is 1. The second kappa shape index (κ2) is 13.6. The summed E-state index contributed by atoms with van der Waals surface area (Å²) in [5.41, 5.74) is 9.18. The van der Waals surface area contributed by atoms with Gasteiger partial charge in [-0.2, -0.15) is 0 Å². The summed E-state index contributed by atoms with van der Waals surface area (Å²) >= 11 is 0. The van der Waals surface area contributed by atoms with Crippen LogP contribution in [0.25, 0.3) is 0 Å². The van der Waals surface area contributed by atoms with Gasteiger partial charge in [0.1, 0.15) is 17.5 Å². The topological polar surface area (TPSA) is 167 Å². The summed E-state index contributed by atoms with van der Waals surface area (Å²) < 4.78 is 10.5. The smallest absolute Gasteiger partial charge is 0.328 e. The van der Waals surface area contributed by atoms with Crippen molar-refractivity contribution in [2.75, 3.05) is 20.8 Å². The summed E-state index contributed by atoms with van der Waals surface area (Å²) in [6, 6.07) is 12.2. The van der Waals surface area contributed by atoms with E-state index in [1.807, 2.05) is 0 Å². The summed E-state index contributed by atoms with van der Waals surface area (Å²) in [5, 5.41) is 20.7. The van der Waals surface area contributed by atoms with E-state index >= 15 is 0 Å². The van der Waals surface area contributed by atoms with Crippen LogP contribution in [-0.4, -0.2) is 60.5 Å². The lowest BCUT2D eigenvalue weighted by molar-refractivity contribution is -0.153. The van der Waals surface area contributed by atoms with Crippen LogP contribution in [0.2, 0.25) is 0 Å². The fourth-order valence-corrected chi connectivity index (χ4v) is 3.35. The van der Waals surface area contributed by atoms with Gasteiger partial charge in [-0.15, -0.1) is 0 Å². The van der Waals surface area contributed by atoms with Crippen molar-refractivity contribution in [3.63, 3.8) is 0 Å². The highest BCUT2D eigenvalue weighted by Crippen LogP contribution is 2.22. The average Bonchev–Trinajstić information content (AvgIpc) is 2.85. The molecule has 0 radical (unpaired) electrons. The number of carbonyl (C=O) groups is 3. The predicted molar refractivity (Wildman–Crippen MR) is 129 cm³/mol. The number of ketones is 1. The average molecular weight is 486 g/mol. The molecule has 0 bridgehead atoms. The van der Waals surface area contributed by atoms with Crippen LogP contribution in [0.15, 0.2) is 48.5 Å². The molecule has 0 saturated carbocycles. The number of carboxylic acid groups (broad SMARTS) is 1. The SMILES string of the molecule is COc1cc(CNN(C(=O)CC(=O)c2ccccc2)[C@@H](CCCNC(=N)N)C(=O)O)cc(OC)c1. The van der Waals surface area contributed by atoms with Gasteiger partial charge in [0.25, 0.3) is 0 Å². The summed E-state index contributed by atoms with van der Waals surface area (Å²) in [7, 11) is 3.01. The zero-order valence-electron chi connectivity index (χ0n) is 19.7. The van der Waals surface area contributed by atoms with E-state index in [0.717, 1.165) is 5.01 Å². The van der Waals surface area contributed by atoms with Gasteiger partial charge in [-0.05, 0) is 30.5 Å². The van der Waals surface area contributed by atoms with Crippen molar-refractivity contribution < 1.29 is 29.0 Å². The second-order valence-electron chi connectivity index (χ2n) is 7.62. The van der Waals surface area contributed by atoms with Crippen LogP contribution in [0.5, 0.6) is 11.5 Å². The van der Waals surface area contributed by atoms with E-state index in [2.05, 4.69) is 10.7 Å². The van der Waals surface area contributed by atoms with Crippen LogP contribution < -0.4 is 25.9 Å². The fraction of sp³-hybridized carbons (Fsp3) is 0.333.